The summed E-state index contributed by atoms with van der Waals surface area (Å²) in [5.74, 6) is 0.443. The van der Waals surface area contributed by atoms with Crippen LogP contribution in [-0.4, -0.2) is 32.5 Å². The SMILES string of the molecule is O=C(O)c1ccccc1-c1ccc(CN2CCC[C@@H]2c2ccncn2)o1. The number of rotatable bonds is 5. The molecule has 26 heavy (non-hydrogen) atoms. The third-order valence-electron chi connectivity index (χ3n) is 4.75. The fourth-order valence-electron chi connectivity index (χ4n) is 3.54. The molecule has 1 aromatic carbocycles. The molecule has 4 rings (SSSR count). The third-order valence-corrected chi connectivity index (χ3v) is 4.75. The second kappa shape index (κ2) is 7.09. The van der Waals surface area contributed by atoms with Gasteiger partial charge in [0, 0.05) is 11.8 Å². The molecule has 0 spiro atoms. The summed E-state index contributed by atoms with van der Waals surface area (Å²) in [6.45, 7) is 1.65. The van der Waals surface area contributed by atoms with E-state index in [-0.39, 0.29) is 11.6 Å². The van der Waals surface area contributed by atoms with Crippen LogP contribution < -0.4 is 0 Å². The van der Waals surface area contributed by atoms with Gasteiger partial charge in [0.15, 0.2) is 0 Å². The van der Waals surface area contributed by atoms with Crippen LogP contribution in [0.4, 0.5) is 0 Å². The summed E-state index contributed by atoms with van der Waals surface area (Å²) in [4.78, 5) is 22.1. The first kappa shape index (κ1) is 16.5. The Morgan fingerprint density at radius 2 is 2.12 bits per heavy atom. The van der Waals surface area contributed by atoms with Crippen molar-refractivity contribution < 1.29 is 14.3 Å². The fourth-order valence-corrected chi connectivity index (χ4v) is 3.54. The Morgan fingerprint density at radius 1 is 1.23 bits per heavy atom. The van der Waals surface area contributed by atoms with Crippen molar-refractivity contribution in [2.75, 3.05) is 6.54 Å². The Bertz CT molecular complexity index is 907. The topological polar surface area (TPSA) is 79.5 Å². The maximum atomic E-state index is 11.4. The zero-order valence-electron chi connectivity index (χ0n) is 14.2. The smallest absolute Gasteiger partial charge is 0.336 e. The molecule has 1 fully saturated rings. The van der Waals surface area contributed by atoms with Gasteiger partial charge in [-0.1, -0.05) is 18.2 Å². The highest BCUT2D eigenvalue weighted by atomic mass is 16.4. The van der Waals surface area contributed by atoms with E-state index in [1.54, 1.807) is 30.7 Å². The van der Waals surface area contributed by atoms with Gasteiger partial charge in [0.2, 0.25) is 0 Å². The Balaban J connectivity index is 1.55. The summed E-state index contributed by atoms with van der Waals surface area (Å²) in [5, 5.41) is 9.36. The van der Waals surface area contributed by atoms with Crippen LogP contribution in [0.2, 0.25) is 0 Å². The molecule has 1 saturated heterocycles. The van der Waals surface area contributed by atoms with Crippen molar-refractivity contribution in [3.05, 3.63) is 72.0 Å². The highest BCUT2D eigenvalue weighted by Gasteiger charge is 2.28. The number of hydrogen-bond acceptors (Lipinski definition) is 5. The van der Waals surface area contributed by atoms with E-state index in [4.69, 9.17) is 4.42 Å². The van der Waals surface area contributed by atoms with Gasteiger partial charge in [-0.2, -0.15) is 0 Å². The number of likely N-dealkylation sites (tertiary alicyclic amines) is 1. The van der Waals surface area contributed by atoms with E-state index in [1.807, 2.05) is 24.3 Å². The molecule has 132 valence electrons. The molecular formula is C20H19N3O3. The van der Waals surface area contributed by atoms with Crippen LogP contribution in [0.1, 0.15) is 40.7 Å². The number of hydrogen-bond donors (Lipinski definition) is 1. The van der Waals surface area contributed by atoms with Crippen LogP contribution in [0.25, 0.3) is 11.3 Å². The molecule has 0 aliphatic carbocycles. The first-order chi connectivity index (χ1) is 12.7. The van der Waals surface area contributed by atoms with Crippen molar-refractivity contribution in [1.82, 2.24) is 14.9 Å². The van der Waals surface area contributed by atoms with Crippen LogP contribution in [0, 0.1) is 0 Å². The number of carbonyl (C=O) groups is 1. The maximum absolute atomic E-state index is 11.4. The van der Waals surface area contributed by atoms with Crippen molar-refractivity contribution in [2.45, 2.75) is 25.4 Å². The second-order valence-corrected chi connectivity index (χ2v) is 6.38. The average Bonchev–Trinajstić information content (AvgIpc) is 3.32. The molecule has 0 amide bonds. The number of furan rings is 1. The average molecular weight is 349 g/mol. The monoisotopic (exact) mass is 349 g/mol. The van der Waals surface area contributed by atoms with Gasteiger partial charge < -0.3 is 9.52 Å². The molecule has 3 aromatic rings. The Morgan fingerprint density at radius 3 is 2.92 bits per heavy atom. The highest BCUT2D eigenvalue weighted by Crippen LogP contribution is 2.33. The van der Waals surface area contributed by atoms with Gasteiger partial charge in [-0.05, 0) is 43.7 Å². The van der Waals surface area contributed by atoms with E-state index >= 15 is 0 Å². The Labute approximate surface area is 151 Å². The summed E-state index contributed by atoms with van der Waals surface area (Å²) in [5.41, 5.74) is 1.87. The lowest BCUT2D eigenvalue weighted by Gasteiger charge is -2.22. The van der Waals surface area contributed by atoms with Crippen LogP contribution in [0.15, 0.2) is 59.4 Å². The second-order valence-electron chi connectivity index (χ2n) is 6.38. The quantitative estimate of drug-likeness (QED) is 0.755. The summed E-state index contributed by atoms with van der Waals surface area (Å²) in [6, 6.07) is 12.9. The molecule has 3 heterocycles. The molecule has 6 heteroatoms. The van der Waals surface area contributed by atoms with Crippen molar-refractivity contribution in [3.8, 4) is 11.3 Å². The van der Waals surface area contributed by atoms with E-state index in [2.05, 4.69) is 14.9 Å². The minimum absolute atomic E-state index is 0.244. The van der Waals surface area contributed by atoms with Gasteiger partial charge >= 0.3 is 5.97 Å². The molecule has 1 atom stereocenters. The fraction of sp³-hybridized carbons (Fsp3) is 0.250. The summed E-state index contributed by atoms with van der Waals surface area (Å²) in [7, 11) is 0. The zero-order valence-corrected chi connectivity index (χ0v) is 14.2. The van der Waals surface area contributed by atoms with Crippen molar-refractivity contribution in [1.29, 1.82) is 0 Å². The minimum Gasteiger partial charge on any atom is -0.478 e. The van der Waals surface area contributed by atoms with Gasteiger partial charge in [-0.25, -0.2) is 14.8 Å². The maximum Gasteiger partial charge on any atom is 0.336 e. The number of carboxylic acids is 1. The Kier molecular flexibility index (Phi) is 4.50. The zero-order chi connectivity index (χ0) is 17.9. The standard InChI is InChI=1S/C20H19N3O3/c24-20(25)16-5-2-1-4-15(16)19-8-7-14(26-19)12-23-11-3-6-18(23)17-9-10-21-13-22-17/h1-2,4-5,7-10,13,18H,3,6,11-12H2,(H,24,25)/t18-/m1/s1. The number of carboxylic acid groups (broad SMARTS) is 1. The molecule has 2 aromatic heterocycles. The number of aromatic nitrogens is 2. The largest absolute Gasteiger partial charge is 0.478 e. The Hall–Kier alpha value is -2.99. The first-order valence-corrected chi connectivity index (χ1v) is 8.64. The van der Waals surface area contributed by atoms with E-state index in [0.717, 1.165) is 30.8 Å². The van der Waals surface area contributed by atoms with E-state index < -0.39 is 5.97 Å². The predicted octanol–water partition coefficient (Wildman–Crippen LogP) is 3.77. The van der Waals surface area contributed by atoms with Gasteiger partial charge in [0.05, 0.1) is 23.8 Å². The van der Waals surface area contributed by atoms with Crippen LogP contribution >= 0.6 is 0 Å². The summed E-state index contributed by atoms with van der Waals surface area (Å²) >= 11 is 0. The van der Waals surface area contributed by atoms with Gasteiger partial charge in [0.25, 0.3) is 0 Å². The lowest BCUT2D eigenvalue weighted by Crippen LogP contribution is -2.23. The van der Waals surface area contributed by atoms with Crippen molar-refractivity contribution >= 4 is 5.97 Å². The summed E-state index contributed by atoms with van der Waals surface area (Å²) < 4.78 is 5.97. The first-order valence-electron chi connectivity index (χ1n) is 8.64. The van der Waals surface area contributed by atoms with E-state index in [9.17, 15) is 9.90 Å². The highest BCUT2D eigenvalue weighted by molar-refractivity contribution is 5.95. The lowest BCUT2D eigenvalue weighted by atomic mass is 10.1. The number of aromatic carboxylic acids is 1. The van der Waals surface area contributed by atoms with E-state index in [1.165, 1.54) is 0 Å². The molecule has 0 saturated carbocycles. The minimum atomic E-state index is -0.957. The van der Waals surface area contributed by atoms with Gasteiger partial charge in [-0.3, -0.25) is 4.90 Å². The molecule has 0 bridgehead atoms. The molecule has 1 aliphatic heterocycles. The normalized spacial score (nSPS) is 17.5. The molecule has 0 unspecified atom stereocenters. The van der Waals surface area contributed by atoms with Crippen molar-refractivity contribution in [2.24, 2.45) is 0 Å². The van der Waals surface area contributed by atoms with Crippen LogP contribution in [-0.2, 0) is 6.54 Å². The van der Waals surface area contributed by atoms with Gasteiger partial charge in [-0.15, -0.1) is 0 Å². The molecule has 1 N–H and O–H groups in total. The number of benzene rings is 1. The predicted molar refractivity (Wildman–Crippen MR) is 95.5 cm³/mol. The summed E-state index contributed by atoms with van der Waals surface area (Å²) in [6.07, 6.45) is 5.53. The van der Waals surface area contributed by atoms with Gasteiger partial charge in [0.1, 0.15) is 17.8 Å². The molecule has 0 radical (unpaired) electrons. The number of nitrogens with zero attached hydrogens (tertiary/aromatic N) is 3. The van der Waals surface area contributed by atoms with Crippen molar-refractivity contribution in [3.63, 3.8) is 0 Å². The lowest BCUT2D eigenvalue weighted by molar-refractivity contribution is 0.0697. The van der Waals surface area contributed by atoms with E-state index in [0.29, 0.717) is 17.9 Å². The van der Waals surface area contributed by atoms with Crippen LogP contribution in [0.3, 0.4) is 0 Å². The van der Waals surface area contributed by atoms with Crippen LogP contribution in [0.5, 0.6) is 0 Å². The molecule has 1 aliphatic rings. The molecule has 6 nitrogen and oxygen atoms in total. The third kappa shape index (κ3) is 3.23. The molecular weight excluding hydrogens is 330 g/mol.